The van der Waals surface area contributed by atoms with E-state index in [1.807, 2.05) is 26.8 Å². The summed E-state index contributed by atoms with van der Waals surface area (Å²) in [5, 5.41) is 14.1. The van der Waals surface area contributed by atoms with Crippen molar-refractivity contribution in [2.45, 2.75) is 26.9 Å². The van der Waals surface area contributed by atoms with Crippen LogP contribution in [0.5, 0.6) is 0 Å². The van der Waals surface area contributed by atoms with Crippen molar-refractivity contribution in [3.05, 3.63) is 16.2 Å². The lowest BCUT2D eigenvalue weighted by Crippen LogP contribution is -2.25. The van der Waals surface area contributed by atoms with Gasteiger partial charge < -0.3 is 10.4 Å². The summed E-state index contributed by atoms with van der Waals surface area (Å²) in [5.74, 6) is 0.892. The van der Waals surface area contributed by atoms with Gasteiger partial charge in [-0.25, -0.2) is 9.97 Å². The second kappa shape index (κ2) is 5.38. The largest absolute Gasteiger partial charge is 0.391 e. The Kier molecular flexibility index (Phi) is 4.04. The predicted octanol–water partition coefficient (Wildman–Crippen LogP) is 3.08. The Balaban J connectivity index is 2.26. The molecule has 0 spiro atoms. The molecule has 1 atom stereocenters. The summed E-state index contributed by atoms with van der Waals surface area (Å²) in [6.45, 7) is 6.43. The van der Waals surface area contributed by atoms with Gasteiger partial charge in [-0.15, -0.1) is 11.3 Å². The molecule has 0 aliphatic carbocycles. The van der Waals surface area contributed by atoms with Crippen LogP contribution < -0.4 is 5.32 Å². The van der Waals surface area contributed by atoms with Gasteiger partial charge in [0.1, 0.15) is 10.6 Å². The predicted molar refractivity (Wildman–Crippen MR) is 76.5 cm³/mol. The van der Waals surface area contributed by atoms with Crippen LogP contribution in [0.25, 0.3) is 10.2 Å². The number of rotatable bonds is 4. The molecule has 1 unspecified atom stereocenters. The van der Waals surface area contributed by atoms with Crippen LogP contribution in [0.15, 0.2) is 6.07 Å². The first-order valence-corrected chi connectivity index (χ1v) is 7.02. The SMILES string of the molecule is Cc1cc2c(NCC(O)C(C)C)nc(Cl)nc2s1. The van der Waals surface area contributed by atoms with Gasteiger partial charge in [0.05, 0.1) is 11.5 Å². The van der Waals surface area contributed by atoms with Gasteiger partial charge in [-0.1, -0.05) is 13.8 Å². The number of nitrogens with one attached hydrogen (secondary N) is 1. The second-order valence-corrected chi connectivity index (χ2v) is 6.18. The number of aliphatic hydroxyl groups is 1. The minimum absolute atomic E-state index is 0.203. The molecule has 2 aromatic rings. The molecule has 0 aliphatic heterocycles. The van der Waals surface area contributed by atoms with Crippen molar-refractivity contribution in [1.82, 2.24) is 9.97 Å². The van der Waals surface area contributed by atoms with Gasteiger partial charge >= 0.3 is 0 Å². The van der Waals surface area contributed by atoms with E-state index in [2.05, 4.69) is 15.3 Å². The molecule has 2 rings (SSSR count). The molecule has 4 nitrogen and oxygen atoms in total. The van der Waals surface area contributed by atoms with Crippen molar-refractivity contribution in [3.63, 3.8) is 0 Å². The van der Waals surface area contributed by atoms with Gasteiger partial charge in [-0.3, -0.25) is 0 Å². The molecule has 2 aromatic heterocycles. The number of aromatic nitrogens is 2. The molecule has 2 N–H and O–H groups in total. The second-order valence-electron chi connectivity index (χ2n) is 4.61. The number of anilines is 1. The minimum atomic E-state index is -0.409. The van der Waals surface area contributed by atoms with E-state index in [0.29, 0.717) is 12.4 Å². The van der Waals surface area contributed by atoms with Crippen molar-refractivity contribution in [2.75, 3.05) is 11.9 Å². The highest BCUT2D eigenvalue weighted by Crippen LogP contribution is 2.29. The fraction of sp³-hybridized carbons (Fsp3) is 0.500. The van der Waals surface area contributed by atoms with Crippen LogP contribution in [0, 0.1) is 12.8 Å². The number of hydrogen-bond donors (Lipinski definition) is 2. The Labute approximate surface area is 115 Å². The Bertz CT molecular complexity index is 555. The number of thiophene rings is 1. The summed E-state index contributed by atoms with van der Waals surface area (Å²) in [4.78, 5) is 10.4. The first kappa shape index (κ1) is 13.5. The van der Waals surface area contributed by atoms with E-state index in [9.17, 15) is 5.11 Å². The number of aliphatic hydroxyl groups excluding tert-OH is 1. The highest BCUT2D eigenvalue weighted by Gasteiger charge is 2.13. The molecule has 6 heteroatoms. The van der Waals surface area contributed by atoms with E-state index in [-0.39, 0.29) is 11.2 Å². The summed E-state index contributed by atoms with van der Waals surface area (Å²) in [7, 11) is 0. The van der Waals surface area contributed by atoms with Crippen LogP contribution in [0.4, 0.5) is 5.82 Å². The molecule has 2 heterocycles. The molecular weight excluding hydrogens is 270 g/mol. The fourth-order valence-electron chi connectivity index (χ4n) is 1.59. The first-order chi connectivity index (χ1) is 8.47. The van der Waals surface area contributed by atoms with E-state index in [0.717, 1.165) is 15.1 Å². The lowest BCUT2D eigenvalue weighted by atomic mass is 10.1. The Hall–Kier alpha value is -0.910. The third-order valence-electron chi connectivity index (χ3n) is 2.74. The smallest absolute Gasteiger partial charge is 0.225 e. The fourth-order valence-corrected chi connectivity index (χ4v) is 2.69. The topological polar surface area (TPSA) is 58.0 Å². The number of hydrogen-bond acceptors (Lipinski definition) is 5. The molecule has 98 valence electrons. The van der Waals surface area contributed by atoms with Crippen molar-refractivity contribution in [2.24, 2.45) is 5.92 Å². The molecule has 0 saturated carbocycles. The minimum Gasteiger partial charge on any atom is -0.391 e. The Morgan fingerprint density at radius 2 is 2.17 bits per heavy atom. The zero-order chi connectivity index (χ0) is 13.3. The van der Waals surface area contributed by atoms with Gasteiger partial charge in [0, 0.05) is 11.4 Å². The number of nitrogens with zero attached hydrogens (tertiary/aromatic N) is 2. The number of halogens is 1. The molecule has 0 aliphatic rings. The van der Waals surface area contributed by atoms with Crippen molar-refractivity contribution in [3.8, 4) is 0 Å². The Morgan fingerprint density at radius 1 is 1.44 bits per heavy atom. The molecule has 0 aromatic carbocycles. The van der Waals surface area contributed by atoms with E-state index in [1.54, 1.807) is 11.3 Å². The third-order valence-corrected chi connectivity index (χ3v) is 3.85. The summed E-state index contributed by atoms with van der Waals surface area (Å²) >= 11 is 7.48. The standard InChI is InChI=1S/C12H16ClN3OS/c1-6(2)9(17)5-14-10-8-4-7(3)18-11(8)16-12(13)15-10/h4,6,9,17H,5H2,1-3H3,(H,14,15,16). The molecule has 0 radical (unpaired) electrons. The summed E-state index contributed by atoms with van der Waals surface area (Å²) < 4.78 is 0. The van der Waals surface area contributed by atoms with Crippen LogP contribution in [-0.2, 0) is 0 Å². The lowest BCUT2D eigenvalue weighted by molar-refractivity contribution is 0.138. The molecular formula is C12H16ClN3OS. The number of fused-ring (bicyclic) bond motifs is 1. The zero-order valence-electron chi connectivity index (χ0n) is 10.6. The normalized spacial score (nSPS) is 13.2. The molecule has 0 saturated heterocycles. The third kappa shape index (κ3) is 2.91. The molecule has 0 bridgehead atoms. The van der Waals surface area contributed by atoms with Gasteiger partial charge in [-0.05, 0) is 30.5 Å². The van der Waals surface area contributed by atoms with Crippen LogP contribution >= 0.6 is 22.9 Å². The maximum absolute atomic E-state index is 9.80. The van der Waals surface area contributed by atoms with E-state index in [1.165, 1.54) is 0 Å². The average molecular weight is 286 g/mol. The molecule has 18 heavy (non-hydrogen) atoms. The Morgan fingerprint density at radius 3 is 2.83 bits per heavy atom. The average Bonchev–Trinajstić information content (AvgIpc) is 2.65. The lowest BCUT2D eigenvalue weighted by Gasteiger charge is -2.15. The summed E-state index contributed by atoms with van der Waals surface area (Å²) in [5.41, 5.74) is 0. The first-order valence-electron chi connectivity index (χ1n) is 5.83. The quantitative estimate of drug-likeness (QED) is 0.848. The monoisotopic (exact) mass is 285 g/mol. The number of aryl methyl sites for hydroxylation is 1. The summed E-state index contributed by atoms with van der Waals surface area (Å²) in [6.07, 6.45) is -0.409. The van der Waals surface area contributed by atoms with Crippen LogP contribution in [0.1, 0.15) is 18.7 Å². The van der Waals surface area contributed by atoms with Gasteiger partial charge in [0.2, 0.25) is 5.28 Å². The zero-order valence-corrected chi connectivity index (χ0v) is 12.1. The van der Waals surface area contributed by atoms with Crippen molar-refractivity contribution < 1.29 is 5.11 Å². The highest BCUT2D eigenvalue weighted by atomic mass is 35.5. The highest BCUT2D eigenvalue weighted by molar-refractivity contribution is 7.18. The van der Waals surface area contributed by atoms with Crippen molar-refractivity contribution in [1.29, 1.82) is 0 Å². The van der Waals surface area contributed by atoms with Crippen LogP contribution in [0.3, 0.4) is 0 Å². The molecule has 0 amide bonds. The van der Waals surface area contributed by atoms with Gasteiger partial charge in [-0.2, -0.15) is 0 Å². The molecule has 0 fully saturated rings. The van der Waals surface area contributed by atoms with Crippen LogP contribution in [-0.4, -0.2) is 27.7 Å². The van der Waals surface area contributed by atoms with E-state index in [4.69, 9.17) is 11.6 Å². The summed E-state index contributed by atoms with van der Waals surface area (Å²) in [6, 6.07) is 2.03. The van der Waals surface area contributed by atoms with Gasteiger partial charge in [0.15, 0.2) is 0 Å². The maximum Gasteiger partial charge on any atom is 0.225 e. The van der Waals surface area contributed by atoms with E-state index < -0.39 is 6.10 Å². The van der Waals surface area contributed by atoms with Gasteiger partial charge in [0.25, 0.3) is 0 Å². The van der Waals surface area contributed by atoms with Crippen molar-refractivity contribution >= 4 is 39.0 Å². The van der Waals surface area contributed by atoms with Crippen LogP contribution in [0.2, 0.25) is 5.28 Å². The maximum atomic E-state index is 9.80. The van der Waals surface area contributed by atoms with E-state index >= 15 is 0 Å².